The van der Waals surface area contributed by atoms with Crippen LogP contribution in [-0.2, 0) is 11.4 Å². The lowest BCUT2D eigenvalue weighted by molar-refractivity contribution is -0.188. The number of hydrogen-bond donors (Lipinski definition) is 1. The van der Waals surface area contributed by atoms with Gasteiger partial charge >= 0.3 is 6.18 Å². The van der Waals surface area contributed by atoms with Crippen LogP contribution in [0.5, 0.6) is 5.75 Å². The lowest BCUT2D eigenvalue weighted by Crippen LogP contribution is -2.49. The smallest absolute Gasteiger partial charge is 0.393 e. The third-order valence-electron chi connectivity index (χ3n) is 5.21. The van der Waals surface area contributed by atoms with Crippen molar-refractivity contribution in [3.05, 3.63) is 60.2 Å². The summed E-state index contributed by atoms with van der Waals surface area (Å²) >= 11 is 0. The zero-order valence-electron chi connectivity index (χ0n) is 16.3. The first-order valence-electron chi connectivity index (χ1n) is 9.71. The van der Waals surface area contributed by atoms with Gasteiger partial charge in [-0.3, -0.25) is 9.69 Å². The zero-order valence-corrected chi connectivity index (χ0v) is 16.3. The summed E-state index contributed by atoms with van der Waals surface area (Å²) in [5.41, 5.74) is 1.63. The molecule has 0 saturated carbocycles. The first-order valence-corrected chi connectivity index (χ1v) is 9.71. The highest BCUT2D eigenvalue weighted by Crippen LogP contribution is 2.33. The van der Waals surface area contributed by atoms with Gasteiger partial charge in [0.15, 0.2) is 0 Å². The quantitative estimate of drug-likeness (QED) is 0.744. The Morgan fingerprint density at radius 1 is 1.17 bits per heavy atom. The van der Waals surface area contributed by atoms with Crippen molar-refractivity contribution in [1.29, 1.82) is 0 Å². The van der Waals surface area contributed by atoms with Crippen molar-refractivity contribution < 1.29 is 22.7 Å². The molecule has 2 atom stereocenters. The minimum Gasteiger partial charge on any atom is -0.489 e. The molecule has 2 aromatic carbocycles. The van der Waals surface area contributed by atoms with Gasteiger partial charge in [0.25, 0.3) is 0 Å². The molecule has 0 unspecified atom stereocenters. The number of halogens is 3. The van der Waals surface area contributed by atoms with Gasteiger partial charge in [-0.05, 0) is 56.1 Å². The minimum absolute atomic E-state index is 0.124. The summed E-state index contributed by atoms with van der Waals surface area (Å²) in [6.45, 7) is 2.45. The Hall–Kier alpha value is -2.54. The average Bonchev–Trinajstić information content (AvgIpc) is 2.73. The normalized spacial score (nSPS) is 18.8. The number of anilines is 1. The highest BCUT2D eigenvalue weighted by molar-refractivity contribution is 5.94. The molecule has 29 heavy (non-hydrogen) atoms. The van der Waals surface area contributed by atoms with Crippen molar-refractivity contribution in [3.63, 3.8) is 0 Å². The highest BCUT2D eigenvalue weighted by Gasteiger charge is 2.43. The van der Waals surface area contributed by atoms with E-state index in [1.165, 1.54) is 0 Å². The van der Waals surface area contributed by atoms with Crippen LogP contribution in [0.15, 0.2) is 54.6 Å². The molecule has 1 heterocycles. The Morgan fingerprint density at radius 3 is 2.52 bits per heavy atom. The van der Waals surface area contributed by atoms with Crippen LogP contribution in [0.25, 0.3) is 0 Å². The summed E-state index contributed by atoms with van der Waals surface area (Å²) in [4.78, 5) is 14.1. The third kappa shape index (κ3) is 5.97. The molecule has 4 nitrogen and oxygen atoms in total. The van der Waals surface area contributed by atoms with Crippen molar-refractivity contribution >= 4 is 11.6 Å². The fourth-order valence-electron chi connectivity index (χ4n) is 3.41. The summed E-state index contributed by atoms with van der Waals surface area (Å²) in [5, 5.41) is 2.78. The molecule has 0 spiro atoms. The molecular formula is C22H25F3N2O2. The number of likely N-dealkylation sites (tertiary alicyclic amines) is 1. The van der Waals surface area contributed by atoms with Crippen LogP contribution in [0.2, 0.25) is 0 Å². The van der Waals surface area contributed by atoms with E-state index < -0.39 is 18.1 Å². The topological polar surface area (TPSA) is 41.6 Å². The maximum atomic E-state index is 13.0. The van der Waals surface area contributed by atoms with E-state index in [9.17, 15) is 18.0 Å². The van der Waals surface area contributed by atoms with E-state index in [0.717, 1.165) is 5.56 Å². The number of hydrogen-bond acceptors (Lipinski definition) is 3. The van der Waals surface area contributed by atoms with Crippen LogP contribution in [-0.4, -0.2) is 36.1 Å². The SMILES string of the molecule is C[C@@H](C(=O)Nc1ccc(OCc2ccccc2)cc1)N1CCC[C@@H](C(F)(F)F)C1. The molecule has 1 amide bonds. The second kappa shape index (κ2) is 9.31. The Labute approximate surface area is 168 Å². The van der Waals surface area contributed by atoms with Gasteiger partial charge in [0.05, 0.1) is 12.0 Å². The molecule has 1 fully saturated rings. The molecule has 3 rings (SSSR count). The van der Waals surface area contributed by atoms with Gasteiger partial charge in [0, 0.05) is 12.2 Å². The minimum atomic E-state index is -4.22. The van der Waals surface area contributed by atoms with Crippen LogP contribution in [0.3, 0.4) is 0 Å². The maximum Gasteiger partial charge on any atom is 0.393 e. The second-order valence-electron chi connectivity index (χ2n) is 7.34. The Balaban J connectivity index is 1.52. The van der Waals surface area contributed by atoms with E-state index in [1.807, 2.05) is 30.3 Å². The van der Waals surface area contributed by atoms with Gasteiger partial charge in [-0.2, -0.15) is 13.2 Å². The molecule has 1 aliphatic heterocycles. The molecule has 0 radical (unpaired) electrons. The standard InChI is InChI=1S/C22H25F3N2O2/c1-16(27-13-5-8-18(14-27)22(23,24)25)21(28)26-19-9-11-20(12-10-19)29-15-17-6-3-2-4-7-17/h2-4,6-7,9-12,16,18H,5,8,13-15H2,1H3,(H,26,28)/t16-,18+/m0/s1. The summed E-state index contributed by atoms with van der Waals surface area (Å²) in [6.07, 6.45) is -3.65. The van der Waals surface area contributed by atoms with E-state index >= 15 is 0 Å². The van der Waals surface area contributed by atoms with Crippen LogP contribution in [0.1, 0.15) is 25.3 Å². The largest absolute Gasteiger partial charge is 0.489 e. The number of alkyl halides is 3. The van der Waals surface area contributed by atoms with Gasteiger partial charge in [-0.15, -0.1) is 0 Å². The molecule has 7 heteroatoms. The van der Waals surface area contributed by atoms with Crippen LogP contribution < -0.4 is 10.1 Å². The Morgan fingerprint density at radius 2 is 1.86 bits per heavy atom. The molecule has 0 aliphatic carbocycles. The summed E-state index contributed by atoms with van der Waals surface area (Å²) in [5.74, 6) is -1.01. The number of nitrogens with one attached hydrogen (secondary N) is 1. The first-order chi connectivity index (χ1) is 13.8. The second-order valence-corrected chi connectivity index (χ2v) is 7.34. The Bertz CT molecular complexity index is 794. The predicted octanol–water partition coefficient (Wildman–Crippen LogP) is 4.87. The average molecular weight is 406 g/mol. The summed E-state index contributed by atoms with van der Waals surface area (Å²) in [6, 6.07) is 16.1. The lowest BCUT2D eigenvalue weighted by Gasteiger charge is -2.36. The number of carbonyl (C=O) groups is 1. The van der Waals surface area contributed by atoms with Gasteiger partial charge in [-0.1, -0.05) is 30.3 Å². The third-order valence-corrected chi connectivity index (χ3v) is 5.21. The predicted molar refractivity (Wildman–Crippen MR) is 106 cm³/mol. The zero-order chi connectivity index (χ0) is 20.9. The first kappa shape index (κ1) is 21.2. The number of ether oxygens (including phenoxy) is 1. The van der Waals surface area contributed by atoms with Crippen molar-refractivity contribution in [2.75, 3.05) is 18.4 Å². The van der Waals surface area contributed by atoms with E-state index in [2.05, 4.69) is 5.32 Å². The fourth-order valence-corrected chi connectivity index (χ4v) is 3.41. The molecule has 1 aliphatic rings. The van der Waals surface area contributed by atoms with Crippen LogP contribution in [0, 0.1) is 5.92 Å². The van der Waals surface area contributed by atoms with Gasteiger partial charge in [-0.25, -0.2) is 0 Å². The van der Waals surface area contributed by atoms with Gasteiger partial charge in [0.2, 0.25) is 5.91 Å². The number of amides is 1. The van der Waals surface area contributed by atoms with Crippen molar-refractivity contribution in [3.8, 4) is 5.75 Å². The number of carbonyl (C=O) groups excluding carboxylic acids is 1. The van der Waals surface area contributed by atoms with Crippen LogP contribution in [0.4, 0.5) is 18.9 Å². The molecular weight excluding hydrogens is 381 g/mol. The monoisotopic (exact) mass is 406 g/mol. The Kier molecular flexibility index (Phi) is 6.79. The van der Waals surface area contributed by atoms with E-state index in [-0.39, 0.29) is 18.9 Å². The van der Waals surface area contributed by atoms with Crippen molar-refractivity contribution in [2.45, 2.75) is 38.6 Å². The fraction of sp³-hybridized carbons (Fsp3) is 0.409. The number of nitrogens with zero attached hydrogens (tertiary/aromatic N) is 1. The molecule has 2 aromatic rings. The number of piperidine rings is 1. The number of benzene rings is 2. The summed E-state index contributed by atoms with van der Waals surface area (Å²) < 4.78 is 44.7. The highest BCUT2D eigenvalue weighted by atomic mass is 19.4. The van der Waals surface area contributed by atoms with Crippen LogP contribution >= 0.6 is 0 Å². The van der Waals surface area contributed by atoms with Gasteiger partial charge in [0.1, 0.15) is 12.4 Å². The molecule has 1 saturated heterocycles. The van der Waals surface area contributed by atoms with Crippen molar-refractivity contribution in [1.82, 2.24) is 4.90 Å². The lowest BCUT2D eigenvalue weighted by atomic mass is 9.96. The summed E-state index contributed by atoms with van der Waals surface area (Å²) in [7, 11) is 0. The van der Waals surface area contributed by atoms with E-state index in [4.69, 9.17) is 4.74 Å². The molecule has 0 bridgehead atoms. The molecule has 0 aromatic heterocycles. The van der Waals surface area contributed by atoms with Crippen molar-refractivity contribution in [2.24, 2.45) is 5.92 Å². The molecule has 1 N–H and O–H groups in total. The maximum absolute atomic E-state index is 13.0. The number of rotatable bonds is 6. The van der Waals surface area contributed by atoms with Gasteiger partial charge < -0.3 is 10.1 Å². The van der Waals surface area contributed by atoms with E-state index in [1.54, 1.807) is 36.1 Å². The molecule has 156 valence electrons. The van der Waals surface area contributed by atoms with E-state index in [0.29, 0.717) is 31.0 Å².